The first kappa shape index (κ1) is 10.5. The van der Waals surface area contributed by atoms with Crippen molar-refractivity contribution in [2.24, 2.45) is 5.73 Å². The van der Waals surface area contributed by atoms with Crippen molar-refractivity contribution in [2.75, 3.05) is 25.6 Å². The molecule has 0 aliphatic rings. The molecule has 0 aliphatic carbocycles. The molecule has 0 radical (unpaired) electrons. The molecule has 5 heteroatoms. The van der Waals surface area contributed by atoms with Gasteiger partial charge < -0.3 is 10.3 Å². The fourth-order valence-electron chi connectivity index (χ4n) is 0.490. The highest BCUT2D eigenvalue weighted by Gasteiger charge is 2.13. The monoisotopic (exact) mass is 183 g/mol. The molecule has 0 saturated carbocycles. The maximum Gasteiger partial charge on any atom is 0.254 e. The van der Waals surface area contributed by atoms with Gasteiger partial charge in [-0.2, -0.15) is 0 Å². The molecular weight excluding hydrogens is 169 g/mol. The van der Waals surface area contributed by atoms with Gasteiger partial charge in [0.25, 0.3) is 6.57 Å². The smallest absolute Gasteiger partial charge is 0.254 e. The van der Waals surface area contributed by atoms with Crippen LogP contribution in [-0.4, -0.2) is 25.6 Å². The summed E-state index contributed by atoms with van der Waals surface area (Å²) in [4.78, 5) is 0. The average Bonchev–Trinajstić information content (AvgIpc) is 1.84. The van der Waals surface area contributed by atoms with Gasteiger partial charge in [-0.05, 0) is 6.92 Å². The molecule has 62 valence electrons. The van der Waals surface area contributed by atoms with E-state index < -0.39 is 6.57 Å². The predicted octanol–water partition coefficient (Wildman–Crippen LogP) is 1.54. The molecule has 10 heavy (non-hydrogen) atoms. The van der Waals surface area contributed by atoms with Crippen molar-refractivity contribution in [3.8, 4) is 0 Å². The molecule has 0 rings (SSSR count). The van der Waals surface area contributed by atoms with Crippen molar-refractivity contribution in [3.63, 3.8) is 0 Å². The molecule has 3 nitrogen and oxygen atoms in total. The van der Waals surface area contributed by atoms with E-state index in [0.29, 0.717) is 18.9 Å². The van der Waals surface area contributed by atoms with E-state index in [1.165, 1.54) is 11.4 Å². The lowest BCUT2D eigenvalue weighted by molar-refractivity contribution is 0.350. The first-order valence-electron chi connectivity index (χ1n) is 3.19. The third-order valence-corrected chi connectivity index (χ3v) is 4.69. The van der Waals surface area contributed by atoms with Gasteiger partial charge in [0.1, 0.15) is 0 Å². The molecule has 0 spiro atoms. The van der Waals surface area contributed by atoms with Crippen LogP contribution in [0, 0.1) is 0 Å². The highest BCUT2D eigenvalue weighted by Crippen LogP contribution is 2.55. The summed E-state index contributed by atoms with van der Waals surface area (Å²) in [6, 6.07) is 0. The van der Waals surface area contributed by atoms with E-state index in [0.717, 1.165) is 0 Å². The summed E-state index contributed by atoms with van der Waals surface area (Å²) < 4.78 is 16.3. The third-order valence-electron chi connectivity index (χ3n) is 0.807. The van der Waals surface area contributed by atoms with Crippen molar-refractivity contribution >= 4 is 18.0 Å². The number of hydrogen-bond donors (Lipinski definition) is 1. The van der Waals surface area contributed by atoms with Crippen LogP contribution in [0.2, 0.25) is 0 Å². The Labute approximate surface area is 65.9 Å². The number of hydrogen-bond acceptors (Lipinski definition) is 4. The molecule has 1 atom stereocenters. The van der Waals surface area contributed by atoms with Crippen LogP contribution in [0.15, 0.2) is 0 Å². The Morgan fingerprint density at radius 2 is 2.30 bits per heavy atom. The van der Waals surface area contributed by atoms with Crippen LogP contribution in [0.4, 0.5) is 0 Å². The molecule has 0 aromatic heterocycles. The Hall–Kier alpha value is 0.500. The van der Waals surface area contributed by atoms with Gasteiger partial charge in [-0.3, -0.25) is 4.57 Å². The fraction of sp³-hybridized carbons (Fsp3) is 1.00. The quantitative estimate of drug-likeness (QED) is 0.657. The van der Waals surface area contributed by atoms with Gasteiger partial charge in [0, 0.05) is 19.0 Å². The summed E-state index contributed by atoms with van der Waals surface area (Å²) in [5.41, 5.74) is 5.23. The largest absolute Gasteiger partial charge is 0.330 e. The molecule has 0 fully saturated rings. The summed E-state index contributed by atoms with van der Waals surface area (Å²) >= 11 is 1.31. The average molecular weight is 183 g/mol. The van der Waals surface area contributed by atoms with E-state index in [9.17, 15) is 4.57 Å². The molecule has 0 aromatic rings. The van der Waals surface area contributed by atoms with Gasteiger partial charge >= 0.3 is 0 Å². The second kappa shape index (κ2) is 5.19. The highest BCUT2D eigenvalue weighted by molar-refractivity contribution is 8.56. The zero-order valence-corrected chi connectivity index (χ0v) is 8.08. The van der Waals surface area contributed by atoms with Gasteiger partial charge in [0.2, 0.25) is 0 Å². The second-order valence-corrected chi connectivity index (χ2v) is 7.04. The summed E-state index contributed by atoms with van der Waals surface area (Å²) in [7, 11) is 0. The molecule has 0 bridgehead atoms. The molecule has 2 N–H and O–H groups in total. The summed E-state index contributed by atoms with van der Waals surface area (Å²) in [5, 5.41) is 0. The van der Waals surface area contributed by atoms with Gasteiger partial charge in [-0.1, -0.05) is 11.4 Å². The predicted molar refractivity (Wildman–Crippen MR) is 46.7 cm³/mol. The van der Waals surface area contributed by atoms with Crippen molar-refractivity contribution in [3.05, 3.63) is 0 Å². The number of rotatable bonds is 5. The second-order valence-electron chi connectivity index (χ2n) is 1.81. The Kier molecular flexibility index (Phi) is 5.45. The topological polar surface area (TPSA) is 52.3 Å². The van der Waals surface area contributed by atoms with Gasteiger partial charge in [-0.25, -0.2) is 0 Å². The Morgan fingerprint density at radius 1 is 1.70 bits per heavy atom. The van der Waals surface area contributed by atoms with Crippen LogP contribution in [0.1, 0.15) is 6.92 Å². The van der Waals surface area contributed by atoms with E-state index >= 15 is 0 Å². The van der Waals surface area contributed by atoms with E-state index in [2.05, 4.69) is 0 Å². The van der Waals surface area contributed by atoms with Crippen LogP contribution in [0.25, 0.3) is 0 Å². The summed E-state index contributed by atoms with van der Waals surface area (Å²) in [6.07, 6.45) is 0. The lowest BCUT2D eigenvalue weighted by atomic mass is 10.8. The van der Waals surface area contributed by atoms with Crippen LogP contribution < -0.4 is 5.73 Å². The minimum atomic E-state index is -2.37. The lowest BCUT2D eigenvalue weighted by Gasteiger charge is -2.09. The standard InChI is InChI=1S/C5H14NO2PS/c1-3-8-9(2,7)10-5-4-6/h3-6H2,1-2H3. The molecule has 0 aromatic carbocycles. The first-order chi connectivity index (χ1) is 4.62. The third kappa shape index (κ3) is 5.30. The van der Waals surface area contributed by atoms with Crippen LogP contribution in [-0.2, 0) is 9.09 Å². The maximum absolute atomic E-state index is 11.3. The van der Waals surface area contributed by atoms with Crippen LogP contribution >= 0.6 is 18.0 Å². The van der Waals surface area contributed by atoms with Gasteiger partial charge in [-0.15, -0.1) is 0 Å². The first-order valence-corrected chi connectivity index (χ1v) is 6.85. The maximum atomic E-state index is 11.3. The lowest BCUT2D eigenvalue weighted by Crippen LogP contribution is -2.01. The van der Waals surface area contributed by atoms with Crippen molar-refractivity contribution in [1.29, 1.82) is 0 Å². The normalized spacial score (nSPS) is 16.7. The Balaban J connectivity index is 3.53. The molecule has 0 amide bonds. The number of nitrogens with two attached hydrogens (primary N) is 1. The van der Waals surface area contributed by atoms with Crippen molar-refractivity contribution in [1.82, 2.24) is 0 Å². The summed E-state index contributed by atoms with van der Waals surface area (Å²) in [5.74, 6) is 0.702. The van der Waals surface area contributed by atoms with E-state index in [1.807, 2.05) is 6.92 Å². The van der Waals surface area contributed by atoms with Crippen molar-refractivity contribution < 1.29 is 9.09 Å². The van der Waals surface area contributed by atoms with E-state index in [4.69, 9.17) is 10.3 Å². The Bertz CT molecular complexity index is 131. The molecule has 0 aliphatic heterocycles. The minimum absolute atomic E-state index is 0.505. The Morgan fingerprint density at radius 3 is 2.70 bits per heavy atom. The van der Waals surface area contributed by atoms with Crippen molar-refractivity contribution in [2.45, 2.75) is 6.92 Å². The van der Waals surface area contributed by atoms with E-state index in [-0.39, 0.29) is 0 Å². The molecule has 0 heterocycles. The van der Waals surface area contributed by atoms with E-state index in [1.54, 1.807) is 6.66 Å². The SMILES string of the molecule is CCOP(C)(=O)SCCN. The zero-order chi connectivity index (χ0) is 8.04. The van der Waals surface area contributed by atoms with Crippen LogP contribution in [0.3, 0.4) is 0 Å². The van der Waals surface area contributed by atoms with Crippen LogP contribution in [0.5, 0.6) is 0 Å². The van der Waals surface area contributed by atoms with Gasteiger partial charge in [0.05, 0.1) is 6.61 Å². The zero-order valence-electron chi connectivity index (χ0n) is 6.37. The summed E-state index contributed by atoms with van der Waals surface area (Å²) in [6.45, 7) is 2.14. The minimum Gasteiger partial charge on any atom is -0.330 e. The molecule has 1 unspecified atom stereocenters. The highest BCUT2D eigenvalue weighted by atomic mass is 32.7. The van der Waals surface area contributed by atoms with Gasteiger partial charge in [0.15, 0.2) is 0 Å². The molecule has 0 saturated heterocycles. The molecular formula is C5H14NO2PS. The fourth-order valence-corrected chi connectivity index (χ4v) is 3.32.